The van der Waals surface area contributed by atoms with Gasteiger partial charge < -0.3 is 24.4 Å². The molecule has 9 heteroatoms. The summed E-state index contributed by atoms with van der Waals surface area (Å²) in [6.45, 7) is 3.45. The van der Waals surface area contributed by atoms with Crippen molar-refractivity contribution >= 4 is 24.8 Å². The summed E-state index contributed by atoms with van der Waals surface area (Å²) >= 11 is 0. The number of ether oxygens (including phenoxy) is 2. The van der Waals surface area contributed by atoms with Gasteiger partial charge in [0, 0.05) is 23.7 Å². The first-order valence-corrected chi connectivity index (χ1v) is 9.71. The summed E-state index contributed by atoms with van der Waals surface area (Å²) in [4.78, 5) is 28.5. The normalized spacial score (nSPS) is 28.1. The molecule has 3 saturated heterocycles. The van der Waals surface area contributed by atoms with Crippen molar-refractivity contribution in [3.63, 3.8) is 0 Å². The Labute approximate surface area is 164 Å². The van der Waals surface area contributed by atoms with Crippen LogP contribution in [0.3, 0.4) is 0 Å². The van der Waals surface area contributed by atoms with Gasteiger partial charge in [-0.1, -0.05) is 12.5 Å². The second kappa shape index (κ2) is 7.92. The number of rotatable bonds is 3. The largest absolute Gasteiger partial charge is 0.489 e. The number of carbonyl (C=O) groups excluding carboxylic acids is 2. The van der Waals surface area contributed by atoms with E-state index in [-0.39, 0.29) is 29.2 Å². The number of aldehydes is 1. The monoisotopic (exact) mass is 388 g/mol. The van der Waals surface area contributed by atoms with Crippen molar-refractivity contribution in [2.45, 2.75) is 30.8 Å². The van der Waals surface area contributed by atoms with Gasteiger partial charge in [0.15, 0.2) is 0 Å². The molecule has 1 aromatic carbocycles. The number of morpholine rings is 1. The molecule has 0 saturated carbocycles. The van der Waals surface area contributed by atoms with E-state index in [9.17, 15) is 19.6 Å². The molecule has 0 bridgehead atoms. The third-order valence-electron chi connectivity index (χ3n) is 6.05. The zero-order valence-corrected chi connectivity index (χ0v) is 15.7. The summed E-state index contributed by atoms with van der Waals surface area (Å²) < 4.78 is 11.7. The van der Waals surface area contributed by atoms with Crippen LogP contribution in [0.2, 0.25) is 0 Å². The van der Waals surface area contributed by atoms with E-state index in [2.05, 4.69) is 4.90 Å². The van der Waals surface area contributed by atoms with Gasteiger partial charge in [0.05, 0.1) is 25.4 Å². The number of hydrogen-bond donors (Lipinski definition) is 2. The lowest BCUT2D eigenvalue weighted by Gasteiger charge is -2.55. The van der Waals surface area contributed by atoms with Gasteiger partial charge in [0.1, 0.15) is 13.0 Å². The van der Waals surface area contributed by atoms with E-state index < -0.39 is 7.12 Å². The van der Waals surface area contributed by atoms with E-state index in [1.165, 1.54) is 24.6 Å². The number of carbonyl (C=O) groups is 2. The van der Waals surface area contributed by atoms with Crippen molar-refractivity contribution in [3.8, 4) is 0 Å². The Kier molecular flexibility index (Phi) is 5.53. The lowest BCUT2D eigenvalue weighted by Crippen LogP contribution is -2.71. The fraction of sp³-hybridized carbons (Fsp3) is 0.579. The van der Waals surface area contributed by atoms with Gasteiger partial charge in [-0.3, -0.25) is 14.5 Å². The highest BCUT2D eigenvalue weighted by Crippen LogP contribution is 2.33. The Hall–Kier alpha value is -1.78. The highest BCUT2D eigenvalue weighted by molar-refractivity contribution is 6.60. The van der Waals surface area contributed by atoms with Gasteiger partial charge in [0.25, 0.3) is 5.91 Å². The summed E-state index contributed by atoms with van der Waals surface area (Å²) in [5.41, 5.74) is 0.144. The Morgan fingerprint density at radius 3 is 2.86 bits per heavy atom. The number of nitrogens with zero attached hydrogens (tertiary/aromatic N) is 2. The minimum absolute atomic E-state index is 0.0785. The van der Waals surface area contributed by atoms with E-state index in [0.717, 1.165) is 26.0 Å². The van der Waals surface area contributed by atoms with E-state index in [1.54, 1.807) is 4.90 Å². The van der Waals surface area contributed by atoms with Crippen molar-refractivity contribution in [1.82, 2.24) is 9.80 Å². The highest BCUT2D eigenvalue weighted by Gasteiger charge is 2.49. The lowest BCUT2D eigenvalue weighted by atomic mass is 9.76. The standard InChI is InChI=1S/C19H25BN2O6/c23-8-15-7-14(4-5-17(15)20(25)26)18(24)21-10-19(12-28-13-21)11-27-9-16-3-1-2-6-22(16)19/h4-5,7-8,16,25-26H,1-3,6,9-13H2/t16-,19-/m1/s1. The van der Waals surface area contributed by atoms with Gasteiger partial charge in [-0.05, 0) is 37.0 Å². The molecular formula is C19H25BN2O6. The van der Waals surface area contributed by atoms with Crippen molar-refractivity contribution in [2.75, 3.05) is 39.6 Å². The van der Waals surface area contributed by atoms with Crippen LogP contribution in [-0.4, -0.2) is 90.4 Å². The van der Waals surface area contributed by atoms with Crippen molar-refractivity contribution in [2.24, 2.45) is 0 Å². The molecule has 0 aromatic heterocycles. The van der Waals surface area contributed by atoms with Gasteiger partial charge in [-0.2, -0.15) is 0 Å². The van der Waals surface area contributed by atoms with Crippen molar-refractivity contribution in [1.29, 1.82) is 0 Å². The van der Waals surface area contributed by atoms with Crippen LogP contribution in [0.1, 0.15) is 40.0 Å². The van der Waals surface area contributed by atoms with E-state index in [1.807, 2.05) is 0 Å². The molecule has 2 atom stereocenters. The summed E-state index contributed by atoms with van der Waals surface area (Å²) in [6, 6.07) is 4.67. The summed E-state index contributed by atoms with van der Waals surface area (Å²) in [5, 5.41) is 18.7. The van der Waals surface area contributed by atoms with E-state index in [4.69, 9.17) is 9.47 Å². The Bertz CT molecular complexity index is 754. The minimum Gasteiger partial charge on any atom is -0.423 e. The van der Waals surface area contributed by atoms with Crippen LogP contribution < -0.4 is 5.46 Å². The van der Waals surface area contributed by atoms with Crippen LogP contribution in [0.25, 0.3) is 0 Å². The molecule has 3 fully saturated rings. The predicted molar refractivity (Wildman–Crippen MR) is 101 cm³/mol. The third-order valence-corrected chi connectivity index (χ3v) is 6.05. The number of amides is 1. The van der Waals surface area contributed by atoms with Crippen LogP contribution in [0.4, 0.5) is 0 Å². The molecule has 1 amide bonds. The number of hydrogen-bond acceptors (Lipinski definition) is 7. The van der Waals surface area contributed by atoms with E-state index >= 15 is 0 Å². The fourth-order valence-corrected chi connectivity index (χ4v) is 4.68. The smallest absolute Gasteiger partial charge is 0.423 e. The molecule has 8 nitrogen and oxygen atoms in total. The molecule has 150 valence electrons. The van der Waals surface area contributed by atoms with Crippen LogP contribution in [0.5, 0.6) is 0 Å². The van der Waals surface area contributed by atoms with Crippen LogP contribution >= 0.6 is 0 Å². The van der Waals surface area contributed by atoms with E-state index in [0.29, 0.717) is 37.6 Å². The number of fused-ring (bicyclic) bond motifs is 2. The molecule has 1 aromatic rings. The second-order valence-electron chi connectivity index (χ2n) is 7.90. The predicted octanol–water partition coefficient (Wildman–Crippen LogP) is -0.768. The molecule has 3 aliphatic heterocycles. The molecular weight excluding hydrogens is 363 g/mol. The SMILES string of the molecule is O=Cc1cc(C(=O)N2COC[C@]3(COC[C@H]4CCCCN43)C2)ccc1B(O)O. The molecule has 4 rings (SSSR count). The first-order valence-electron chi connectivity index (χ1n) is 9.71. The number of benzene rings is 1. The topological polar surface area (TPSA) is 99.5 Å². The van der Waals surface area contributed by atoms with Crippen LogP contribution in [0, 0.1) is 0 Å². The average molecular weight is 388 g/mol. The Morgan fingerprint density at radius 2 is 2.07 bits per heavy atom. The van der Waals surface area contributed by atoms with Gasteiger partial charge in [0.2, 0.25) is 0 Å². The lowest BCUT2D eigenvalue weighted by molar-refractivity contribution is -0.181. The van der Waals surface area contributed by atoms with Gasteiger partial charge in [-0.25, -0.2) is 0 Å². The second-order valence-corrected chi connectivity index (χ2v) is 7.90. The summed E-state index contributed by atoms with van der Waals surface area (Å²) in [5.74, 6) is -0.250. The van der Waals surface area contributed by atoms with Gasteiger partial charge >= 0.3 is 7.12 Å². The number of piperidine rings is 1. The molecule has 3 heterocycles. The molecule has 0 aliphatic carbocycles. The Balaban J connectivity index is 1.56. The maximum Gasteiger partial charge on any atom is 0.489 e. The summed E-state index contributed by atoms with van der Waals surface area (Å²) in [7, 11) is -1.76. The zero-order chi connectivity index (χ0) is 19.7. The van der Waals surface area contributed by atoms with Crippen LogP contribution in [-0.2, 0) is 9.47 Å². The average Bonchev–Trinajstić information content (AvgIpc) is 2.73. The molecule has 3 aliphatic rings. The minimum atomic E-state index is -1.76. The molecule has 0 unspecified atom stereocenters. The third kappa shape index (κ3) is 3.49. The highest BCUT2D eigenvalue weighted by atomic mass is 16.5. The van der Waals surface area contributed by atoms with Crippen molar-refractivity contribution < 1.29 is 29.1 Å². The molecule has 1 spiro atoms. The first-order chi connectivity index (χ1) is 13.5. The molecule has 28 heavy (non-hydrogen) atoms. The maximum atomic E-state index is 13.1. The van der Waals surface area contributed by atoms with Gasteiger partial charge in [-0.15, -0.1) is 0 Å². The first kappa shape index (κ1) is 19.5. The maximum absolute atomic E-state index is 13.1. The zero-order valence-electron chi connectivity index (χ0n) is 15.7. The quantitative estimate of drug-likeness (QED) is 0.518. The van der Waals surface area contributed by atoms with Crippen LogP contribution in [0.15, 0.2) is 18.2 Å². The molecule has 2 N–H and O–H groups in total. The fourth-order valence-electron chi connectivity index (χ4n) is 4.68. The van der Waals surface area contributed by atoms with Crippen molar-refractivity contribution in [3.05, 3.63) is 29.3 Å². The summed E-state index contributed by atoms with van der Waals surface area (Å²) in [6.07, 6.45) is 3.96. The molecule has 0 radical (unpaired) electrons. The Morgan fingerprint density at radius 1 is 1.25 bits per heavy atom.